The van der Waals surface area contributed by atoms with Crippen LogP contribution in [0.2, 0.25) is 5.02 Å². The highest BCUT2D eigenvalue weighted by Crippen LogP contribution is 2.25. The summed E-state index contributed by atoms with van der Waals surface area (Å²) in [7, 11) is 0. The van der Waals surface area contributed by atoms with E-state index in [1.165, 1.54) is 17.7 Å². The van der Waals surface area contributed by atoms with Crippen molar-refractivity contribution in [3.8, 4) is 5.69 Å². The minimum Gasteiger partial charge on any atom is -0.376 e. The first-order chi connectivity index (χ1) is 10.8. The number of Topliss-reactive ketones (excluding diaryl/α,β-unsaturated/α-hetero) is 1. The lowest BCUT2D eigenvalue weighted by atomic mass is 10.1. The van der Waals surface area contributed by atoms with Crippen LogP contribution in [-0.4, -0.2) is 22.2 Å². The molecule has 1 heterocycles. The van der Waals surface area contributed by atoms with Crippen LogP contribution < -0.4 is 0 Å². The molecule has 0 aliphatic carbocycles. The smallest absolute Gasteiger partial charge is 0.180 e. The zero-order chi connectivity index (χ0) is 17.1. The van der Waals surface area contributed by atoms with Crippen LogP contribution in [0.3, 0.4) is 0 Å². The minimum atomic E-state index is -0.565. The molecule has 0 aliphatic rings. The van der Waals surface area contributed by atoms with Crippen molar-refractivity contribution in [2.24, 2.45) is 5.92 Å². The Balaban J connectivity index is 2.46. The molecule has 0 radical (unpaired) electrons. The van der Waals surface area contributed by atoms with E-state index in [0.29, 0.717) is 29.5 Å². The van der Waals surface area contributed by atoms with Gasteiger partial charge in [0.25, 0.3) is 0 Å². The van der Waals surface area contributed by atoms with E-state index in [0.717, 1.165) is 0 Å². The van der Waals surface area contributed by atoms with Crippen LogP contribution in [0.5, 0.6) is 0 Å². The van der Waals surface area contributed by atoms with Gasteiger partial charge in [0.1, 0.15) is 11.4 Å². The predicted octanol–water partition coefficient (Wildman–Crippen LogP) is 4.35. The van der Waals surface area contributed by atoms with Crippen LogP contribution in [0.25, 0.3) is 5.69 Å². The highest BCUT2D eigenvalue weighted by molar-refractivity contribution is 6.30. The topological polar surface area (TPSA) is 44.1 Å². The van der Waals surface area contributed by atoms with Crippen LogP contribution in [0.4, 0.5) is 4.39 Å². The molecule has 0 bridgehead atoms. The number of ketones is 1. The molecule has 0 fully saturated rings. The molecule has 1 aromatic heterocycles. The van der Waals surface area contributed by atoms with Crippen molar-refractivity contribution < 1.29 is 13.9 Å². The first kappa shape index (κ1) is 17.6. The summed E-state index contributed by atoms with van der Waals surface area (Å²) in [6, 6.07) is 4.69. The van der Waals surface area contributed by atoms with Crippen LogP contribution in [0, 0.1) is 18.7 Å². The number of ether oxygens (including phenoxy) is 1. The highest BCUT2D eigenvalue weighted by Gasteiger charge is 2.21. The third-order valence-corrected chi connectivity index (χ3v) is 3.72. The molecule has 2 aromatic rings. The van der Waals surface area contributed by atoms with Crippen molar-refractivity contribution in [3.05, 3.63) is 46.0 Å². The van der Waals surface area contributed by atoms with Crippen molar-refractivity contribution in [2.45, 2.75) is 34.3 Å². The third kappa shape index (κ3) is 3.79. The van der Waals surface area contributed by atoms with Crippen LogP contribution in [0.15, 0.2) is 18.2 Å². The molecule has 6 heteroatoms. The summed E-state index contributed by atoms with van der Waals surface area (Å²) in [4.78, 5) is 11.9. The summed E-state index contributed by atoms with van der Waals surface area (Å²) < 4.78 is 21.3. The van der Waals surface area contributed by atoms with E-state index in [1.807, 2.05) is 13.8 Å². The van der Waals surface area contributed by atoms with Crippen molar-refractivity contribution in [2.75, 3.05) is 6.61 Å². The molecule has 124 valence electrons. The molecule has 0 saturated carbocycles. The van der Waals surface area contributed by atoms with Gasteiger partial charge < -0.3 is 4.74 Å². The lowest BCUT2D eigenvalue weighted by molar-refractivity contribution is 0.0928. The molecule has 1 aromatic carbocycles. The number of nitrogens with zero attached hydrogens (tertiary/aromatic N) is 2. The van der Waals surface area contributed by atoms with Crippen molar-refractivity contribution in [1.29, 1.82) is 0 Å². The normalized spacial score (nSPS) is 11.3. The van der Waals surface area contributed by atoms with Gasteiger partial charge in [0.05, 0.1) is 11.6 Å². The average Bonchev–Trinajstić information content (AvgIpc) is 2.79. The molecule has 0 amide bonds. The summed E-state index contributed by atoms with van der Waals surface area (Å²) in [6.45, 7) is 8.15. The number of hydrogen-bond donors (Lipinski definition) is 0. The monoisotopic (exact) mass is 338 g/mol. The zero-order valence-corrected chi connectivity index (χ0v) is 14.4. The van der Waals surface area contributed by atoms with Crippen molar-refractivity contribution in [3.63, 3.8) is 0 Å². The molecule has 0 aliphatic heterocycles. The van der Waals surface area contributed by atoms with E-state index in [2.05, 4.69) is 5.10 Å². The summed E-state index contributed by atoms with van der Waals surface area (Å²) in [5, 5.41) is 4.28. The molecular weight excluding hydrogens is 319 g/mol. The first-order valence-corrected chi connectivity index (χ1v) is 7.82. The molecule has 23 heavy (non-hydrogen) atoms. The third-order valence-electron chi connectivity index (χ3n) is 3.43. The SMILES string of the molecule is CC(=O)c1nn(-c2cccc(Cl)c2F)c(C)c1COCC(C)C. The van der Waals surface area contributed by atoms with E-state index in [-0.39, 0.29) is 23.1 Å². The van der Waals surface area contributed by atoms with Gasteiger partial charge in [0, 0.05) is 24.8 Å². The second-order valence-corrected chi connectivity index (χ2v) is 6.27. The van der Waals surface area contributed by atoms with E-state index in [1.54, 1.807) is 19.1 Å². The van der Waals surface area contributed by atoms with Gasteiger partial charge in [-0.05, 0) is 25.0 Å². The Kier molecular flexibility index (Phi) is 5.55. The first-order valence-electron chi connectivity index (χ1n) is 7.44. The minimum absolute atomic E-state index is 0.0133. The number of aromatic nitrogens is 2. The lowest BCUT2D eigenvalue weighted by Crippen LogP contribution is -2.05. The predicted molar refractivity (Wildman–Crippen MR) is 87.8 cm³/mol. The summed E-state index contributed by atoms with van der Waals surface area (Å²) in [5.74, 6) is -0.363. The van der Waals surface area contributed by atoms with Gasteiger partial charge in [-0.2, -0.15) is 5.10 Å². The zero-order valence-electron chi connectivity index (χ0n) is 13.7. The Morgan fingerprint density at radius 1 is 1.43 bits per heavy atom. The maximum absolute atomic E-state index is 14.3. The van der Waals surface area contributed by atoms with E-state index < -0.39 is 5.82 Å². The summed E-state index contributed by atoms with van der Waals surface area (Å²) in [5.41, 5.74) is 1.86. The Bertz CT molecular complexity index is 726. The number of halogens is 2. The van der Waals surface area contributed by atoms with Gasteiger partial charge in [0.15, 0.2) is 11.6 Å². The van der Waals surface area contributed by atoms with Crippen molar-refractivity contribution in [1.82, 2.24) is 9.78 Å². The maximum Gasteiger partial charge on any atom is 0.180 e. The number of hydrogen-bond acceptors (Lipinski definition) is 3. The lowest BCUT2D eigenvalue weighted by Gasteiger charge is -2.09. The Morgan fingerprint density at radius 3 is 2.74 bits per heavy atom. The van der Waals surface area contributed by atoms with Gasteiger partial charge in [-0.1, -0.05) is 31.5 Å². The van der Waals surface area contributed by atoms with E-state index >= 15 is 0 Å². The van der Waals surface area contributed by atoms with Crippen molar-refractivity contribution >= 4 is 17.4 Å². The summed E-state index contributed by atoms with van der Waals surface area (Å²) >= 11 is 5.84. The largest absolute Gasteiger partial charge is 0.376 e. The second-order valence-electron chi connectivity index (χ2n) is 5.86. The average molecular weight is 339 g/mol. The number of carbonyl (C=O) groups is 1. The Hall–Kier alpha value is -1.72. The van der Waals surface area contributed by atoms with Crippen LogP contribution >= 0.6 is 11.6 Å². The standard InChI is InChI=1S/C17H20ClFN2O2/c1-10(2)8-23-9-13-11(3)21(20-17(13)12(4)22)15-7-5-6-14(18)16(15)19/h5-7,10H,8-9H2,1-4H3. The molecule has 0 atom stereocenters. The van der Waals surface area contributed by atoms with E-state index in [4.69, 9.17) is 16.3 Å². The number of rotatable bonds is 6. The number of carbonyl (C=O) groups excluding carboxylic acids is 1. The van der Waals surface area contributed by atoms with Crippen LogP contribution in [0.1, 0.15) is 42.5 Å². The van der Waals surface area contributed by atoms with Gasteiger partial charge in [-0.25, -0.2) is 9.07 Å². The fourth-order valence-corrected chi connectivity index (χ4v) is 2.45. The van der Waals surface area contributed by atoms with Gasteiger partial charge in [0.2, 0.25) is 0 Å². The highest BCUT2D eigenvalue weighted by atomic mass is 35.5. The van der Waals surface area contributed by atoms with E-state index in [9.17, 15) is 9.18 Å². The molecule has 0 N–H and O–H groups in total. The van der Waals surface area contributed by atoms with Gasteiger partial charge in [-0.3, -0.25) is 4.79 Å². The molecular formula is C17H20ClFN2O2. The summed E-state index contributed by atoms with van der Waals surface area (Å²) in [6.07, 6.45) is 0. The Labute approximate surface area is 140 Å². The number of benzene rings is 1. The fraction of sp³-hybridized carbons (Fsp3) is 0.412. The second kappa shape index (κ2) is 7.23. The molecule has 4 nitrogen and oxygen atoms in total. The van der Waals surface area contributed by atoms with Crippen LogP contribution in [-0.2, 0) is 11.3 Å². The Morgan fingerprint density at radius 2 is 2.13 bits per heavy atom. The molecule has 2 rings (SSSR count). The van der Waals surface area contributed by atoms with Gasteiger partial charge >= 0.3 is 0 Å². The molecule has 0 saturated heterocycles. The maximum atomic E-state index is 14.3. The quantitative estimate of drug-likeness (QED) is 0.735. The fourth-order valence-electron chi connectivity index (χ4n) is 2.28. The van der Waals surface area contributed by atoms with Gasteiger partial charge in [-0.15, -0.1) is 0 Å². The molecule has 0 spiro atoms. The molecule has 0 unspecified atom stereocenters.